The fourth-order valence-electron chi connectivity index (χ4n) is 2.71. The molecule has 0 saturated heterocycles. The summed E-state index contributed by atoms with van der Waals surface area (Å²) in [6.07, 6.45) is 1.91. The predicted molar refractivity (Wildman–Crippen MR) is 105 cm³/mol. The highest BCUT2D eigenvalue weighted by atomic mass is 32.2. The molecule has 0 unspecified atom stereocenters. The lowest BCUT2D eigenvalue weighted by molar-refractivity contribution is 0.0722. The first kappa shape index (κ1) is 18.1. The molecule has 0 bridgehead atoms. The third-order valence-corrected chi connectivity index (χ3v) is 4.50. The van der Waals surface area contributed by atoms with Gasteiger partial charge in [0.25, 0.3) is 5.91 Å². The van der Waals surface area contributed by atoms with E-state index in [1.165, 1.54) is 11.8 Å². The number of hydrogen-bond acceptors (Lipinski definition) is 4. The Hall–Kier alpha value is -2.66. The Labute approximate surface area is 158 Å². The molecule has 0 radical (unpaired) electrons. The van der Waals surface area contributed by atoms with Gasteiger partial charge in [-0.2, -0.15) is 0 Å². The first-order chi connectivity index (χ1) is 12.7. The van der Waals surface area contributed by atoms with Crippen molar-refractivity contribution in [3.05, 3.63) is 89.2 Å². The first-order valence-corrected chi connectivity index (χ1v) is 9.65. The van der Waals surface area contributed by atoms with Crippen LogP contribution in [0.4, 0.5) is 0 Å². The van der Waals surface area contributed by atoms with E-state index >= 15 is 0 Å². The number of rotatable bonds is 6. The average Bonchev–Trinajstić information content (AvgIpc) is 2.68. The van der Waals surface area contributed by atoms with Crippen molar-refractivity contribution >= 4 is 17.7 Å². The summed E-state index contributed by atoms with van der Waals surface area (Å²) in [7, 11) is 0. The minimum Gasteiger partial charge on any atom is -0.329 e. The number of amides is 1. The normalized spacial score (nSPS) is 10.5. The highest BCUT2D eigenvalue weighted by Gasteiger charge is 2.19. The van der Waals surface area contributed by atoms with Crippen LogP contribution in [0.3, 0.4) is 0 Å². The zero-order valence-electron chi connectivity index (χ0n) is 14.9. The summed E-state index contributed by atoms with van der Waals surface area (Å²) in [4.78, 5) is 23.8. The van der Waals surface area contributed by atoms with Crippen molar-refractivity contribution in [2.24, 2.45) is 0 Å². The number of aryl methyl sites for hydroxylation is 1. The van der Waals surface area contributed by atoms with Gasteiger partial charge in [0.05, 0.1) is 0 Å². The fraction of sp³-hybridized carbons (Fsp3) is 0.190. The van der Waals surface area contributed by atoms with Crippen LogP contribution in [0.5, 0.6) is 0 Å². The molecule has 0 N–H and O–H groups in total. The Balaban J connectivity index is 1.91. The van der Waals surface area contributed by atoms with Gasteiger partial charge in [-0.15, -0.1) is 0 Å². The minimum atomic E-state index is -0.0847. The topological polar surface area (TPSA) is 46.1 Å². The molecule has 0 saturated carbocycles. The van der Waals surface area contributed by atoms with Crippen LogP contribution in [-0.2, 0) is 13.1 Å². The minimum absolute atomic E-state index is 0.0847. The number of nitrogens with zero attached hydrogens (tertiary/aromatic N) is 3. The Morgan fingerprint density at radius 3 is 1.96 bits per heavy atom. The van der Waals surface area contributed by atoms with E-state index in [0.717, 1.165) is 16.8 Å². The van der Waals surface area contributed by atoms with E-state index in [4.69, 9.17) is 0 Å². The molecule has 0 spiro atoms. The molecule has 1 amide bonds. The van der Waals surface area contributed by atoms with Gasteiger partial charge in [0.2, 0.25) is 0 Å². The predicted octanol–water partition coefficient (Wildman–Crippen LogP) is 4.35. The molecular formula is C21H21N3OS. The molecule has 2 aromatic carbocycles. The van der Waals surface area contributed by atoms with Gasteiger partial charge in [-0.25, -0.2) is 9.97 Å². The Kier molecular flexibility index (Phi) is 6.02. The Morgan fingerprint density at radius 2 is 1.46 bits per heavy atom. The van der Waals surface area contributed by atoms with Gasteiger partial charge in [0.15, 0.2) is 5.16 Å². The standard InChI is InChI=1S/C21H21N3OS/c1-16-13-19(23-21(22-16)26-2)20(25)24(14-17-9-5-3-6-10-17)15-18-11-7-4-8-12-18/h3-13H,14-15H2,1-2H3. The molecule has 3 aromatic rings. The summed E-state index contributed by atoms with van der Waals surface area (Å²) >= 11 is 1.44. The maximum atomic E-state index is 13.2. The van der Waals surface area contributed by atoms with Gasteiger partial charge in [-0.1, -0.05) is 72.4 Å². The van der Waals surface area contributed by atoms with E-state index in [0.29, 0.717) is 23.9 Å². The number of thioether (sulfide) groups is 1. The Morgan fingerprint density at radius 1 is 0.923 bits per heavy atom. The van der Waals surface area contributed by atoms with E-state index in [2.05, 4.69) is 9.97 Å². The van der Waals surface area contributed by atoms with Crippen molar-refractivity contribution in [2.45, 2.75) is 25.2 Å². The number of aromatic nitrogens is 2. The SMILES string of the molecule is CSc1nc(C)cc(C(=O)N(Cc2ccccc2)Cc2ccccc2)n1. The molecule has 0 aliphatic heterocycles. The van der Waals surface area contributed by atoms with Gasteiger partial charge in [-0.3, -0.25) is 4.79 Å². The molecule has 132 valence electrons. The van der Waals surface area contributed by atoms with Crippen LogP contribution in [-0.4, -0.2) is 27.0 Å². The molecule has 0 atom stereocenters. The highest BCUT2D eigenvalue weighted by Crippen LogP contribution is 2.16. The second-order valence-corrected chi connectivity index (χ2v) is 6.79. The molecule has 1 heterocycles. The van der Waals surface area contributed by atoms with Crippen molar-refractivity contribution in [3.63, 3.8) is 0 Å². The molecule has 0 aliphatic rings. The second-order valence-electron chi connectivity index (χ2n) is 6.01. The van der Waals surface area contributed by atoms with Crippen LogP contribution in [0.25, 0.3) is 0 Å². The number of carbonyl (C=O) groups is 1. The summed E-state index contributed by atoms with van der Waals surface area (Å²) in [5.74, 6) is -0.0847. The second kappa shape index (κ2) is 8.63. The molecule has 26 heavy (non-hydrogen) atoms. The lowest BCUT2D eigenvalue weighted by atomic mass is 10.1. The van der Waals surface area contributed by atoms with Gasteiger partial charge in [0.1, 0.15) is 5.69 Å². The van der Waals surface area contributed by atoms with Gasteiger partial charge >= 0.3 is 0 Å². The molecular weight excluding hydrogens is 342 g/mol. The molecule has 3 rings (SSSR count). The molecule has 5 heteroatoms. The third kappa shape index (κ3) is 4.70. The monoisotopic (exact) mass is 363 g/mol. The summed E-state index contributed by atoms with van der Waals surface area (Å²) in [6, 6.07) is 21.8. The zero-order chi connectivity index (χ0) is 18.4. The fourth-order valence-corrected chi connectivity index (χ4v) is 3.14. The van der Waals surface area contributed by atoms with Crippen molar-refractivity contribution in [1.82, 2.24) is 14.9 Å². The van der Waals surface area contributed by atoms with E-state index in [1.807, 2.05) is 78.7 Å². The quantitative estimate of drug-likeness (QED) is 0.482. The molecule has 4 nitrogen and oxygen atoms in total. The van der Waals surface area contributed by atoms with Crippen LogP contribution in [0, 0.1) is 6.92 Å². The maximum absolute atomic E-state index is 13.2. The van der Waals surface area contributed by atoms with Crippen LogP contribution >= 0.6 is 11.8 Å². The van der Waals surface area contributed by atoms with Gasteiger partial charge < -0.3 is 4.90 Å². The molecule has 1 aromatic heterocycles. The summed E-state index contributed by atoms with van der Waals surface area (Å²) in [6.45, 7) is 2.95. The van der Waals surface area contributed by atoms with Crippen molar-refractivity contribution < 1.29 is 4.79 Å². The Bertz CT molecular complexity index is 827. The van der Waals surface area contributed by atoms with E-state index in [9.17, 15) is 4.79 Å². The summed E-state index contributed by atoms with van der Waals surface area (Å²) < 4.78 is 0. The van der Waals surface area contributed by atoms with Gasteiger partial charge in [-0.05, 0) is 30.4 Å². The van der Waals surface area contributed by atoms with Crippen molar-refractivity contribution in [2.75, 3.05) is 6.26 Å². The van der Waals surface area contributed by atoms with E-state index < -0.39 is 0 Å². The lowest BCUT2D eigenvalue weighted by Crippen LogP contribution is -2.31. The van der Waals surface area contributed by atoms with Crippen molar-refractivity contribution in [1.29, 1.82) is 0 Å². The van der Waals surface area contributed by atoms with Gasteiger partial charge in [0, 0.05) is 18.8 Å². The van der Waals surface area contributed by atoms with Crippen LogP contribution in [0.2, 0.25) is 0 Å². The molecule has 0 fully saturated rings. The number of hydrogen-bond donors (Lipinski definition) is 0. The largest absolute Gasteiger partial charge is 0.329 e. The maximum Gasteiger partial charge on any atom is 0.273 e. The van der Waals surface area contributed by atoms with Crippen LogP contribution < -0.4 is 0 Å². The third-order valence-electron chi connectivity index (χ3n) is 3.96. The lowest BCUT2D eigenvalue weighted by Gasteiger charge is -2.23. The van der Waals surface area contributed by atoms with Crippen LogP contribution in [0.1, 0.15) is 27.3 Å². The van der Waals surface area contributed by atoms with Crippen LogP contribution in [0.15, 0.2) is 71.9 Å². The number of carbonyl (C=O) groups excluding carboxylic acids is 1. The number of benzene rings is 2. The van der Waals surface area contributed by atoms with E-state index in [-0.39, 0.29) is 5.91 Å². The first-order valence-electron chi connectivity index (χ1n) is 8.42. The smallest absolute Gasteiger partial charge is 0.273 e. The molecule has 0 aliphatic carbocycles. The summed E-state index contributed by atoms with van der Waals surface area (Å²) in [5.41, 5.74) is 3.42. The van der Waals surface area contributed by atoms with Crippen molar-refractivity contribution in [3.8, 4) is 0 Å². The summed E-state index contributed by atoms with van der Waals surface area (Å²) in [5, 5.41) is 0.618. The van der Waals surface area contributed by atoms with E-state index in [1.54, 1.807) is 6.07 Å². The highest BCUT2D eigenvalue weighted by molar-refractivity contribution is 7.98. The average molecular weight is 363 g/mol. The zero-order valence-corrected chi connectivity index (χ0v) is 15.7.